The van der Waals surface area contributed by atoms with Crippen molar-refractivity contribution in [1.82, 2.24) is 15.2 Å². The Labute approximate surface area is 99.0 Å². The van der Waals surface area contributed by atoms with Gasteiger partial charge in [0, 0.05) is 12.3 Å². The molecule has 0 atom stereocenters. The molecule has 0 bridgehead atoms. The van der Waals surface area contributed by atoms with Gasteiger partial charge < -0.3 is 5.32 Å². The molecule has 0 aliphatic carbocycles. The fraction of sp³-hybridized carbons (Fsp3) is 0.100. The number of carbonyl (C=O) groups is 1. The molecule has 0 aliphatic heterocycles. The van der Waals surface area contributed by atoms with Crippen molar-refractivity contribution in [2.75, 3.05) is 5.32 Å². The molecule has 2 heterocycles. The lowest BCUT2D eigenvalue weighted by Crippen LogP contribution is -2.14. The highest BCUT2D eigenvalue weighted by molar-refractivity contribution is 6.03. The molecule has 94 valence electrons. The minimum Gasteiger partial charge on any atom is -0.307 e. The molecule has 0 aliphatic rings. The number of halogens is 3. The van der Waals surface area contributed by atoms with Gasteiger partial charge in [0.25, 0.3) is 5.91 Å². The van der Waals surface area contributed by atoms with Crippen LogP contribution in [0.15, 0.2) is 30.6 Å². The van der Waals surface area contributed by atoms with E-state index in [1.54, 1.807) is 0 Å². The molecule has 8 heteroatoms. The Bertz CT molecular complexity index is 533. The van der Waals surface area contributed by atoms with Crippen molar-refractivity contribution in [2.45, 2.75) is 6.18 Å². The number of pyridine rings is 1. The minimum atomic E-state index is -4.52. The van der Waals surface area contributed by atoms with Crippen LogP contribution in [0, 0.1) is 0 Å². The summed E-state index contributed by atoms with van der Waals surface area (Å²) < 4.78 is 36.7. The van der Waals surface area contributed by atoms with E-state index in [1.807, 2.05) is 0 Å². The van der Waals surface area contributed by atoms with Gasteiger partial charge in [0.1, 0.15) is 11.5 Å². The van der Waals surface area contributed by atoms with Gasteiger partial charge in [-0.3, -0.25) is 14.9 Å². The first-order valence-corrected chi connectivity index (χ1v) is 4.81. The maximum Gasteiger partial charge on any atom is 0.433 e. The van der Waals surface area contributed by atoms with Gasteiger partial charge in [0.2, 0.25) is 0 Å². The lowest BCUT2D eigenvalue weighted by atomic mass is 10.2. The molecule has 2 N–H and O–H groups in total. The van der Waals surface area contributed by atoms with E-state index >= 15 is 0 Å². The second-order valence-electron chi connectivity index (χ2n) is 3.35. The van der Waals surface area contributed by atoms with Gasteiger partial charge in [0.05, 0.1) is 11.8 Å². The smallest absolute Gasteiger partial charge is 0.307 e. The zero-order chi connectivity index (χ0) is 13.2. The number of rotatable bonds is 2. The van der Waals surface area contributed by atoms with E-state index in [0.29, 0.717) is 5.82 Å². The number of hydrogen-bond acceptors (Lipinski definition) is 3. The Balaban J connectivity index is 2.12. The zero-order valence-electron chi connectivity index (χ0n) is 8.82. The van der Waals surface area contributed by atoms with Crippen LogP contribution in [-0.2, 0) is 6.18 Å². The molecule has 18 heavy (non-hydrogen) atoms. The summed E-state index contributed by atoms with van der Waals surface area (Å²) in [5, 5.41) is 8.52. The van der Waals surface area contributed by atoms with Gasteiger partial charge in [-0.2, -0.15) is 18.3 Å². The maximum atomic E-state index is 12.2. The van der Waals surface area contributed by atoms with Crippen LogP contribution in [0.5, 0.6) is 0 Å². The molecule has 2 aromatic heterocycles. The predicted molar refractivity (Wildman–Crippen MR) is 55.8 cm³/mol. The standard InChI is InChI=1S/C10H7F3N4O/c11-10(12,13)7-2-1-6(5-14-7)9(18)16-8-3-4-15-17-8/h1-5H,(H2,15,16,17,18). The number of nitrogens with zero attached hydrogens (tertiary/aromatic N) is 2. The number of aromatic amines is 1. The Kier molecular flexibility index (Phi) is 3.00. The van der Waals surface area contributed by atoms with E-state index < -0.39 is 17.8 Å². The van der Waals surface area contributed by atoms with Gasteiger partial charge in [-0.25, -0.2) is 0 Å². The Hall–Kier alpha value is -2.38. The number of anilines is 1. The molecule has 2 rings (SSSR count). The summed E-state index contributed by atoms with van der Waals surface area (Å²) >= 11 is 0. The number of H-pyrrole nitrogens is 1. The summed E-state index contributed by atoms with van der Waals surface area (Å²) in [5.41, 5.74) is -1.02. The fourth-order valence-corrected chi connectivity index (χ4v) is 1.22. The lowest BCUT2D eigenvalue weighted by Gasteiger charge is -2.06. The van der Waals surface area contributed by atoms with Crippen LogP contribution >= 0.6 is 0 Å². The molecule has 0 unspecified atom stereocenters. The van der Waals surface area contributed by atoms with E-state index in [2.05, 4.69) is 20.5 Å². The molecule has 0 fully saturated rings. The first-order chi connectivity index (χ1) is 8.47. The molecule has 0 aromatic carbocycles. The van der Waals surface area contributed by atoms with Crippen LogP contribution in [0.25, 0.3) is 0 Å². The van der Waals surface area contributed by atoms with Crippen molar-refractivity contribution in [3.63, 3.8) is 0 Å². The highest BCUT2D eigenvalue weighted by atomic mass is 19.4. The zero-order valence-corrected chi connectivity index (χ0v) is 8.82. The van der Waals surface area contributed by atoms with Crippen molar-refractivity contribution in [3.8, 4) is 0 Å². The van der Waals surface area contributed by atoms with E-state index in [-0.39, 0.29) is 5.56 Å². The molecular weight excluding hydrogens is 249 g/mol. The first kappa shape index (κ1) is 12.1. The van der Waals surface area contributed by atoms with Crippen molar-refractivity contribution in [2.24, 2.45) is 0 Å². The average molecular weight is 256 g/mol. The minimum absolute atomic E-state index is 0.0256. The first-order valence-electron chi connectivity index (χ1n) is 4.81. The molecule has 0 saturated carbocycles. The number of nitrogens with one attached hydrogen (secondary N) is 2. The van der Waals surface area contributed by atoms with Gasteiger partial charge >= 0.3 is 6.18 Å². The molecule has 5 nitrogen and oxygen atoms in total. The maximum absolute atomic E-state index is 12.2. The topological polar surface area (TPSA) is 70.7 Å². The van der Waals surface area contributed by atoms with Gasteiger partial charge in [-0.05, 0) is 12.1 Å². The van der Waals surface area contributed by atoms with E-state index in [4.69, 9.17) is 0 Å². The van der Waals surface area contributed by atoms with Crippen molar-refractivity contribution in [1.29, 1.82) is 0 Å². The van der Waals surface area contributed by atoms with Crippen LogP contribution in [0.2, 0.25) is 0 Å². The third kappa shape index (κ3) is 2.65. The van der Waals surface area contributed by atoms with Crippen molar-refractivity contribution < 1.29 is 18.0 Å². The van der Waals surface area contributed by atoms with E-state index in [9.17, 15) is 18.0 Å². The fourth-order valence-electron chi connectivity index (χ4n) is 1.22. The largest absolute Gasteiger partial charge is 0.433 e. The molecule has 1 amide bonds. The van der Waals surface area contributed by atoms with E-state index in [0.717, 1.165) is 18.3 Å². The second-order valence-corrected chi connectivity index (χ2v) is 3.35. The Morgan fingerprint density at radius 3 is 2.56 bits per heavy atom. The summed E-state index contributed by atoms with van der Waals surface area (Å²) in [6.07, 6.45) is -2.21. The molecule has 0 radical (unpaired) electrons. The highest BCUT2D eigenvalue weighted by Crippen LogP contribution is 2.27. The van der Waals surface area contributed by atoms with Crippen molar-refractivity contribution in [3.05, 3.63) is 41.9 Å². The van der Waals surface area contributed by atoms with Crippen LogP contribution in [-0.4, -0.2) is 21.1 Å². The lowest BCUT2D eigenvalue weighted by molar-refractivity contribution is -0.141. The number of hydrogen-bond donors (Lipinski definition) is 2. The van der Waals surface area contributed by atoms with Crippen LogP contribution in [0.3, 0.4) is 0 Å². The normalized spacial score (nSPS) is 11.3. The second kappa shape index (κ2) is 4.47. The molecule has 0 saturated heterocycles. The van der Waals surface area contributed by atoms with Crippen molar-refractivity contribution >= 4 is 11.7 Å². The summed E-state index contributed by atoms with van der Waals surface area (Å²) in [6.45, 7) is 0. The molecular formula is C10H7F3N4O. The summed E-state index contributed by atoms with van der Waals surface area (Å²) in [4.78, 5) is 14.8. The van der Waals surface area contributed by atoms with Crippen LogP contribution < -0.4 is 5.32 Å². The van der Waals surface area contributed by atoms with Crippen LogP contribution in [0.4, 0.5) is 19.0 Å². The van der Waals surface area contributed by atoms with E-state index in [1.165, 1.54) is 12.3 Å². The van der Waals surface area contributed by atoms with Gasteiger partial charge in [-0.1, -0.05) is 0 Å². The Morgan fingerprint density at radius 2 is 2.06 bits per heavy atom. The number of amides is 1. The molecule has 0 spiro atoms. The van der Waals surface area contributed by atoms with Gasteiger partial charge in [-0.15, -0.1) is 0 Å². The number of carbonyl (C=O) groups excluding carboxylic acids is 1. The average Bonchev–Trinajstić information content (AvgIpc) is 2.81. The van der Waals surface area contributed by atoms with Gasteiger partial charge in [0.15, 0.2) is 0 Å². The third-order valence-corrected chi connectivity index (χ3v) is 2.07. The number of alkyl halides is 3. The summed E-state index contributed by atoms with van der Waals surface area (Å²) in [6, 6.07) is 3.32. The van der Waals surface area contributed by atoms with Crippen LogP contribution in [0.1, 0.15) is 16.1 Å². The molecule has 2 aromatic rings. The SMILES string of the molecule is O=C(Nc1ccn[nH]1)c1ccc(C(F)(F)F)nc1. The Morgan fingerprint density at radius 1 is 1.28 bits per heavy atom. The number of aromatic nitrogens is 3. The highest BCUT2D eigenvalue weighted by Gasteiger charge is 2.32. The third-order valence-electron chi connectivity index (χ3n) is 2.07. The summed E-state index contributed by atoms with van der Waals surface area (Å²) in [7, 11) is 0. The predicted octanol–water partition coefficient (Wildman–Crippen LogP) is 2.08. The quantitative estimate of drug-likeness (QED) is 0.864. The monoisotopic (exact) mass is 256 g/mol. The summed E-state index contributed by atoms with van der Waals surface area (Å²) in [5.74, 6) is -0.222.